The van der Waals surface area contributed by atoms with Crippen LogP contribution in [0, 0.1) is 0 Å². The fraction of sp³-hybridized carbons (Fsp3) is 0.875. The Kier molecular flexibility index (Phi) is 3.49. The van der Waals surface area contributed by atoms with Crippen LogP contribution >= 0.6 is 0 Å². The van der Waals surface area contributed by atoms with E-state index >= 15 is 0 Å². The predicted molar refractivity (Wildman–Crippen MR) is 45.9 cm³/mol. The molecule has 0 aliphatic carbocycles. The molecular weight excluding hydrogens is 156 g/mol. The van der Waals surface area contributed by atoms with Gasteiger partial charge >= 0.3 is 0 Å². The molecular formula is C8H16N2O2. The minimum Gasteiger partial charge on any atom is -0.367 e. The number of hydrogen-bond acceptors (Lipinski definition) is 3. The smallest absolute Gasteiger partial charge is 0.245 e. The fourth-order valence-corrected chi connectivity index (χ4v) is 1.30. The molecule has 0 bridgehead atoms. The molecule has 1 atom stereocenters. The molecule has 1 saturated heterocycles. The molecule has 0 radical (unpaired) electrons. The number of hydrogen-bond donors (Lipinski definition) is 1. The van der Waals surface area contributed by atoms with Gasteiger partial charge in [-0.25, -0.2) is 0 Å². The second kappa shape index (κ2) is 4.42. The van der Waals surface area contributed by atoms with Crippen molar-refractivity contribution in [1.82, 2.24) is 10.2 Å². The fourth-order valence-electron chi connectivity index (χ4n) is 1.30. The number of amides is 1. The maximum atomic E-state index is 10.8. The van der Waals surface area contributed by atoms with E-state index in [1.54, 1.807) is 7.05 Å². The number of ether oxygens (including phenoxy) is 1. The van der Waals surface area contributed by atoms with E-state index in [1.165, 1.54) is 0 Å². The Hall–Kier alpha value is -0.610. The first-order chi connectivity index (χ1) is 5.72. The highest BCUT2D eigenvalue weighted by molar-refractivity contribution is 5.76. The van der Waals surface area contributed by atoms with Crippen LogP contribution < -0.4 is 5.32 Å². The van der Waals surface area contributed by atoms with Crippen molar-refractivity contribution in [1.29, 1.82) is 0 Å². The second-order valence-corrected chi connectivity index (χ2v) is 3.16. The van der Waals surface area contributed by atoms with Crippen LogP contribution in [0.2, 0.25) is 0 Å². The van der Waals surface area contributed by atoms with Gasteiger partial charge in [-0.05, 0) is 13.5 Å². The van der Waals surface area contributed by atoms with Crippen molar-refractivity contribution in [3.05, 3.63) is 0 Å². The average Bonchev–Trinajstić information content (AvgIpc) is 2.47. The summed E-state index contributed by atoms with van der Waals surface area (Å²) in [5.74, 6) is -0.0513. The van der Waals surface area contributed by atoms with Crippen molar-refractivity contribution >= 4 is 5.91 Å². The first-order valence-electron chi connectivity index (χ1n) is 4.23. The van der Waals surface area contributed by atoms with E-state index < -0.39 is 0 Å². The predicted octanol–water partition coefficient (Wildman–Crippen LogP) is -0.547. The van der Waals surface area contributed by atoms with Crippen LogP contribution in [0.5, 0.6) is 0 Å². The minimum absolute atomic E-state index is 0.0513. The van der Waals surface area contributed by atoms with E-state index in [2.05, 4.69) is 17.3 Å². The van der Waals surface area contributed by atoms with E-state index in [-0.39, 0.29) is 18.6 Å². The third-order valence-corrected chi connectivity index (χ3v) is 2.08. The lowest BCUT2D eigenvalue weighted by Gasteiger charge is -2.10. The van der Waals surface area contributed by atoms with Crippen LogP contribution in [0.1, 0.15) is 6.42 Å². The number of likely N-dealkylation sites (N-methyl/N-ethyl adjacent to an activating group) is 2. The summed E-state index contributed by atoms with van der Waals surface area (Å²) in [7, 11) is 3.68. The molecule has 1 amide bonds. The van der Waals surface area contributed by atoms with Crippen molar-refractivity contribution in [2.24, 2.45) is 0 Å². The summed E-state index contributed by atoms with van der Waals surface area (Å²) in [6.07, 6.45) is 1.28. The lowest BCUT2D eigenvalue weighted by molar-refractivity contribution is -0.126. The molecule has 0 aromatic heterocycles. The zero-order valence-corrected chi connectivity index (χ0v) is 7.67. The van der Waals surface area contributed by atoms with Crippen molar-refractivity contribution < 1.29 is 9.53 Å². The van der Waals surface area contributed by atoms with Gasteiger partial charge in [0.15, 0.2) is 0 Å². The SMILES string of the molecule is CNC(=O)COC1CCN(C)C1. The van der Waals surface area contributed by atoms with E-state index in [4.69, 9.17) is 4.74 Å². The zero-order valence-electron chi connectivity index (χ0n) is 7.67. The molecule has 4 nitrogen and oxygen atoms in total. The van der Waals surface area contributed by atoms with E-state index in [1.807, 2.05) is 0 Å². The summed E-state index contributed by atoms with van der Waals surface area (Å²) in [6.45, 7) is 2.20. The first-order valence-corrected chi connectivity index (χ1v) is 4.23. The molecule has 1 heterocycles. The number of rotatable bonds is 3. The maximum Gasteiger partial charge on any atom is 0.245 e. The van der Waals surface area contributed by atoms with Gasteiger partial charge in [-0.3, -0.25) is 4.79 Å². The van der Waals surface area contributed by atoms with E-state index in [0.29, 0.717) is 0 Å². The number of nitrogens with one attached hydrogen (secondary N) is 1. The first kappa shape index (κ1) is 9.48. The van der Waals surface area contributed by atoms with Crippen LogP contribution in [-0.2, 0) is 9.53 Å². The minimum atomic E-state index is -0.0513. The molecule has 0 saturated carbocycles. The number of carbonyl (C=O) groups excluding carboxylic acids is 1. The summed E-state index contributed by atoms with van der Waals surface area (Å²) in [5, 5.41) is 2.52. The van der Waals surface area contributed by atoms with Crippen LogP contribution in [-0.4, -0.2) is 50.7 Å². The highest BCUT2D eigenvalue weighted by Crippen LogP contribution is 2.09. The van der Waals surface area contributed by atoms with Crippen molar-refractivity contribution in [3.63, 3.8) is 0 Å². The van der Waals surface area contributed by atoms with E-state index in [9.17, 15) is 4.79 Å². The summed E-state index contributed by atoms with van der Waals surface area (Å²) in [4.78, 5) is 13.0. The van der Waals surface area contributed by atoms with Crippen LogP contribution in [0.25, 0.3) is 0 Å². The molecule has 4 heteroatoms. The summed E-state index contributed by atoms with van der Waals surface area (Å²) < 4.78 is 5.37. The Balaban J connectivity index is 2.11. The monoisotopic (exact) mass is 172 g/mol. The van der Waals surface area contributed by atoms with Crippen molar-refractivity contribution in [2.45, 2.75) is 12.5 Å². The quantitative estimate of drug-likeness (QED) is 0.621. The van der Waals surface area contributed by atoms with Gasteiger partial charge in [0.25, 0.3) is 0 Å². The van der Waals surface area contributed by atoms with Gasteiger partial charge in [-0.2, -0.15) is 0 Å². The number of nitrogens with zero attached hydrogens (tertiary/aromatic N) is 1. The summed E-state index contributed by atoms with van der Waals surface area (Å²) in [6, 6.07) is 0. The van der Waals surface area contributed by atoms with Gasteiger partial charge in [-0.1, -0.05) is 0 Å². The van der Waals surface area contributed by atoms with Crippen molar-refractivity contribution in [2.75, 3.05) is 33.8 Å². The van der Waals surface area contributed by atoms with Crippen LogP contribution in [0.3, 0.4) is 0 Å². The normalized spacial score (nSPS) is 24.3. The van der Waals surface area contributed by atoms with Gasteiger partial charge in [0.05, 0.1) is 6.10 Å². The van der Waals surface area contributed by atoms with E-state index in [0.717, 1.165) is 19.5 Å². The van der Waals surface area contributed by atoms with Gasteiger partial charge in [0, 0.05) is 20.1 Å². The van der Waals surface area contributed by atoms with Crippen molar-refractivity contribution in [3.8, 4) is 0 Å². The Morgan fingerprint density at radius 3 is 3.00 bits per heavy atom. The molecule has 1 rings (SSSR count). The summed E-state index contributed by atoms with van der Waals surface area (Å²) in [5.41, 5.74) is 0. The van der Waals surface area contributed by atoms with Crippen LogP contribution in [0.15, 0.2) is 0 Å². The molecule has 70 valence electrons. The lowest BCUT2D eigenvalue weighted by Crippen LogP contribution is -2.27. The maximum absolute atomic E-state index is 10.8. The zero-order chi connectivity index (χ0) is 8.97. The topological polar surface area (TPSA) is 41.6 Å². The van der Waals surface area contributed by atoms with Gasteiger partial charge in [0.1, 0.15) is 6.61 Å². The second-order valence-electron chi connectivity index (χ2n) is 3.16. The van der Waals surface area contributed by atoms with Gasteiger partial charge in [-0.15, -0.1) is 0 Å². The summed E-state index contributed by atoms with van der Waals surface area (Å²) >= 11 is 0. The lowest BCUT2D eigenvalue weighted by atomic mass is 10.3. The largest absolute Gasteiger partial charge is 0.367 e. The molecule has 1 aliphatic rings. The number of carbonyl (C=O) groups is 1. The Bertz CT molecular complexity index is 161. The Labute approximate surface area is 72.9 Å². The highest BCUT2D eigenvalue weighted by Gasteiger charge is 2.20. The third kappa shape index (κ3) is 2.79. The highest BCUT2D eigenvalue weighted by atomic mass is 16.5. The standard InChI is InChI=1S/C8H16N2O2/c1-9-8(11)6-12-7-3-4-10(2)5-7/h7H,3-6H2,1-2H3,(H,9,11). The molecule has 1 aliphatic heterocycles. The Morgan fingerprint density at radius 1 is 1.75 bits per heavy atom. The molecule has 1 unspecified atom stereocenters. The molecule has 1 fully saturated rings. The van der Waals surface area contributed by atoms with Gasteiger partial charge < -0.3 is 15.0 Å². The molecule has 1 N–H and O–H groups in total. The average molecular weight is 172 g/mol. The molecule has 0 aromatic rings. The van der Waals surface area contributed by atoms with Crippen LogP contribution in [0.4, 0.5) is 0 Å². The third-order valence-electron chi connectivity index (χ3n) is 2.08. The molecule has 12 heavy (non-hydrogen) atoms. The Morgan fingerprint density at radius 2 is 2.50 bits per heavy atom. The molecule has 0 spiro atoms. The number of likely N-dealkylation sites (tertiary alicyclic amines) is 1. The van der Waals surface area contributed by atoms with Gasteiger partial charge in [0.2, 0.25) is 5.91 Å². The molecule has 0 aromatic carbocycles.